The van der Waals surface area contributed by atoms with Gasteiger partial charge in [-0.25, -0.2) is 9.68 Å². The molecule has 1 aliphatic rings. The molecule has 2 rings (SSSR count). The summed E-state index contributed by atoms with van der Waals surface area (Å²) in [6.45, 7) is 6.43. The molecule has 0 spiro atoms. The fourth-order valence-electron chi connectivity index (χ4n) is 2.19. The first-order chi connectivity index (χ1) is 8.67. The number of rotatable bonds is 3. The molecule has 0 saturated carbocycles. The number of carbonyl (C=O) groups excluding carboxylic acids is 1. The molecule has 1 saturated heterocycles. The molecule has 1 amide bonds. The van der Waals surface area contributed by atoms with Gasteiger partial charge in [0, 0.05) is 5.56 Å². The Hall–Kier alpha value is -1.39. The summed E-state index contributed by atoms with van der Waals surface area (Å²) in [4.78, 5) is 22.8. The van der Waals surface area contributed by atoms with Gasteiger partial charge in [-0.3, -0.25) is 4.79 Å². The zero-order valence-electron chi connectivity index (χ0n) is 11.1. The van der Waals surface area contributed by atoms with Crippen LogP contribution in [0.25, 0.3) is 0 Å². The monoisotopic (exact) mass is 249 g/mol. The van der Waals surface area contributed by atoms with Crippen molar-refractivity contribution in [1.82, 2.24) is 5.23 Å². The van der Waals surface area contributed by atoms with E-state index in [0.717, 1.165) is 23.6 Å². The van der Waals surface area contributed by atoms with Crippen molar-refractivity contribution in [2.45, 2.75) is 39.7 Å². The number of nitrogens with zero attached hydrogens (tertiary/aromatic N) is 1. The summed E-state index contributed by atoms with van der Waals surface area (Å²) in [5, 5.41) is 1.01. The van der Waals surface area contributed by atoms with Crippen LogP contribution in [0.3, 0.4) is 0 Å². The maximum absolute atomic E-state index is 12.3. The minimum Gasteiger partial charge on any atom is -0.264 e. The van der Waals surface area contributed by atoms with Crippen LogP contribution in [0.15, 0.2) is 18.2 Å². The quantitative estimate of drug-likeness (QED) is 0.826. The predicted molar refractivity (Wildman–Crippen MR) is 67.9 cm³/mol. The van der Waals surface area contributed by atoms with E-state index in [4.69, 9.17) is 9.68 Å². The van der Waals surface area contributed by atoms with E-state index < -0.39 is 0 Å². The Morgan fingerprint density at radius 3 is 2.72 bits per heavy atom. The zero-order valence-corrected chi connectivity index (χ0v) is 11.1. The van der Waals surface area contributed by atoms with Crippen molar-refractivity contribution in [2.24, 2.45) is 0 Å². The lowest BCUT2D eigenvalue weighted by molar-refractivity contribution is -0.261. The average Bonchev–Trinajstić information content (AvgIpc) is 2.83. The van der Waals surface area contributed by atoms with Gasteiger partial charge in [-0.2, -0.15) is 0 Å². The van der Waals surface area contributed by atoms with E-state index in [9.17, 15) is 4.79 Å². The van der Waals surface area contributed by atoms with Crippen molar-refractivity contribution in [3.63, 3.8) is 0 Å². The molecule has 1 atom stereocenters. The van der Waals surface area contributed by atoms with Crippen LogP contribution in [0.4, 0.5) is 0 Å². The van der Waals surface area contributed by atoms with Crippen LogP contribution in [0.1, 0.15) is 42.3 Å². The van der Waals surface area contributed by atoms with Gasteiger partial charge in [0.05, 0.1) is 0 Å². The van der Waals surface area contributed by atoms with E-state index in [2.05, 4.69) is 19.9 Å². The molecule has 1 aromatic rings. The van der Waals surface area contributed by atoms with E-state index in [-0.39, 0.29) is 12.0 Å². The number of benzene rings is 1. The second-order valence-corrected chi connectivity index (χ2v) is 4.42. The highest BCUT2D eigenvalue weighted by Crippen LogP contribution is 2.21. The number of hydroxylamine groups is 2. The van der Waals surface area contributed by atoms with Crippen LogP contribution in [-0.4, -0.2) is 23.8 Å². The summed E-state index contributed by atoms with van der Waals surface area (Å²) in [6.07, 6.45) is 1.67. The number of hydrogen-bond acceptors (Lipinski definition) is 3. The summed E-state index contributed by atoms with van der Waals surface area (Å²) in [5.41, 5.74) is 2.96. The predicted octanol–water partition coefficient (Wildman–Crippen LogP) is 2.52. The smallest absolute Gasteiger partial charge is 0.264 e. The van der Waals surface area contributed by atoms with E-state index >= 15 is 0 Å². The molecule has 0 bridgehead atoms. The Morgan fingerprint density at radius 2 is 2.17 bits per heavy atom. The number of aryl methyl sites for hydroxylation is 1. The third-order valence-corrected chi connectivity index (χ3v) is 3.11. The van der Waals surface area contributed by atoms with Crippen molar-refractivity contribution >= 4 is 5.91 Å². The molecule has 0 N–H and O–H groups in total. The number of carbonyl (C=O) groups is 1. The molecule has 4 nitrogen and oxygen atoms in total. The molecule has 0 aromatic heterocycles. The van der Waals surface area contributed by atoms with Gasteiger partial charge >= 0.3 is 5.91 Å². The average molecular weight is 249 g/mol. The second kappa shape index (κ2) is 5.50. The third-order valence-electron chi connectivity index (χ3n) is 3.11. The fourth-order valence-corrected chi connectivity index (χ4v) is 2.19. The van der Waals surface area contributed by atoms with Crippen molar-refractivity contribution in [2.75, 3.05) is 6.61 Å². The number of hydrogen-bond donors (Lipinski definition) is 0. The maximum atomic E-state index is 12.3. The molecule has 0 radical (unpaired) electrons. The third kappa shape index (κ3) is 2.40. The van der Waals surface area contributed by atoms with Crippen LogP contribution < -0.4 is 0 Å². The minimum absolute atomic E-state index is 0.0756. The van der Waals surface area contributed by atoms with Crippen LogP contribution in [0.5, 0.6) is 0 Å². The lowest BCUT2D eigenvalue weighted by Gasteiger charge is -2.16. The second-order valence-electron chi connectivity index (χ2n) is 4.42. The summed E-state index contributed by atoms with van der Waals surface area (Å²) < 4.78 is 0. The van der Waals surface area contributed by atoms with E-state index in [1.807, 2.05) is 19.1 Å². The van der Waals surface area contributed by atoms with Gasteiger partial charge in [0.25, 0.3) is 0 Å². The molecular formula is C14H19NO3. The molecule has 1 heterocycles. The Balaban J connectivity index is 2.30. The molecule has 1 aromatic carbocycles. The van der Waals surface area contributed by atoms with Crippen LogP contribution in [0.2, 0.25) is 0 Å². The summed E-state index contributed by atoms with van der Waals surface area (Å²) in [5.74, 6) is -0.216. The SMILES string of the molecule is CCc1cccc(C(=O)N2OCC(C)O2)c1CC. The van der Waals surface area contributed by atoms with Gasteiger partial charge in [0.2, 0.25) is 0 Å². The maximum Gasteiger partial charge on any atom is 0.304 e. The van der Waals surface area contributed by atoms with Gasteiger partial charge < -0.3 is 0 Å². The summed E-state index contributed by atoms with van der Waals surface area (Å²) in [7, 11) is 0. The van der Waals surface area contributed by atoms with Crippen molar-refractivity contribution in [3.05, 3.63) is 34.9 Å². The molecule has 1 unspecified atom stereocenters. The first-order valence-electron chi connectivity index (χ1n) is 6.42. The van der Waals surface area contributed by atoms with Crippen LogP contribution in [0, 0.1) is 0 Å². The number of amides is 1. The van der Waals surface area contributed by atoms with Crippen molar-refractivity contribution < 1.29 is 14.5 Å². The van der Waals surface area contributed by atoms with Gasteiger partial charge in [-0.15, -0.1) is 0 Å². The van der Waals surface area contributed by atoms with Crippen LogP contribution in [-0.2, 0) is 22.5 Å². The Bertz CT molecular complexity index is 445. The van der Waals surface area contributed by atoms with E-state index in [0.29, 0.717) is 12.2 Å². The van der Waals surface area contributed by atoms with E-state index in [1.165, 1.54) is 5.56 Å². The highest BCUT2D eigenvalue weighted by Gasteiger charge is 2.28. The van der Waals surface area contributed by atoms with Gasteiger partial charge in [0.1, 0.15) is 12.7 Å². The Labute approximate surface area is 107 Å². The lowest BCUT2D eigenvalue weighted by Crippen LogP contribution is -2.27. The van der Waals surface area contributed by atoms with Gasteiger partial charge in [-0.1, -0.05) is 31.2 Å². The molecule has 0 aliphatic carbocycles. The molecule has 1 fully saturated rings. The topological polar surface area (TPSA) is 38.8 Å². The molecule has 4 heteroatoms. The van der Waals surface area contributed by atoms with Crippen LogP contribution >= 0.6 is 0 Å². The van der Waals surface area contributed by atoms with Gasteiger partial charge in [0.15, 0.2) is 0 Å². The molecular weight excluding hydrogens is 230 g/mol. The van der Waals surface area contributed by atoms with Crippen molar-refractivity contribution in [1.29, 1.82) is 0 Å². The zero-order chi connectivity index (χ0) is 13.1. The Kier molecular flexibility index (Phi) is 3.99. The summed E-state index contributed by atoms with van der Waals surface area (Å²) >= 11 is 0. The molecule has 1 aliphatic heterocycles. The lowest BCUT2D eigenvalue weighted by atomic mass is 9.97. The Morgan fingerprint density at radius 1 is 1.39 bits per heavy atom. The standard InChI is InChI=1S/C14H19NO3/c1-4-11-7-6-8-13(12(11)5-2)14(16)15-17-9-10(3)18-15/h6-8,10H,4-5,9H2,1-3H3. The molecule has 18 heavy (non-hydrogen) atoms. The highest BCUT2D eigenvalue weighted by molar-refractivity contribution is 5.94. The summed E-state index contributed by atoms with van der Waals surface area (Å²) in [6, 6.07) is 5.80. The van der Waals surface area contributed by atoms with Crippen molar-refractivity contribution in [3.8, 4) is 0 Å². The van der Waals surface area contributed by atoms with E-state index in [1.54, 1.807) is 0 Å². The fraction of sp³-hybridized carbons (Fsp3) is 0.500. The van der Waals surface area contributed by atoms with Gasteiger partial charge in [-0.05, 0) is 37.0 Å². The first kappa shape index (κ1) is 13.1. The normalized spacial score (nSPS) is 19.3. The first-order valence-corrected chi connectivity index (χ1v) is 6.42. The minimum atomic E-state index is -0.216. The highest BCUT2D eigenvalue weighted by atomic mass is 17.0. The largest absolute Gasteiger partial charge is 0.304 e. The molecule has 98 valence electrons.